The fraction of sp³-hybridized carbons (Fsp3) is 0.231. The van der Waals surface area contributed by atoms with Gasteiger partial charge in [-0.1, -0.05) is 16.8 Å². The second-order valence-electron chi connectivity index (χ2n) is 4.12. The molecule has 1 heterocycles. The topological polar surface area (TPSA) is 101 Å². The lowest BCUT2D eigenvalue weighted by Crippen LogP contribution is -2.11. The molecule has 0 atom stereocenters. The van der Waals surface area contributed by atoms with Crippen LogP contribution in [0.1, 0.15) is 16.8 Å². The van der Waals surface area contributed by atoms with Crippen molar-refractivity contribution in [1.29, 1.82) is 0 Å². The van der Waals surface area contributed by atoms with E-state index < -0.39 is 5.97 Å². The maximum atomic E-state index is 11.4. The van der Waals surface area contributed by atoms with Crippen LogP contribution in [0, 0.1) is 0 Å². The summed E-state index contributed by atoms with van der Waals surface area (Å²) in [4.78, 5) is 11.4. The molecule has 20 heavy (non-hydrogen) atoms. The van der Waals surface area contributed by atoms with Crippen LogP contribution in [0.25, 0.3) is 11.3 Å². The van der Waals surface area contributed by atoms with E-state index in [1.54, 1.807) is 24.3 Å². The molecule has 0 radical (unpaired) electrons. The summed E-state index contributed by atoms with van der Waals surface area (Å²) >= 11 is 5.80. The number of hydrogen-bond acceptors (Lipinski definition) is 5. The van der Waals surface area contributed by atoms with Gasteiger partial charge >= 0.3 is 5.97 Å². The van der Waals surface area contributed by atoms with Gasteiger partial charge in [-0.05, 0) is 37.2 Å². The largest absolute Gasteiger partial charge is 0.477 e. The average Bonchev–Trinajstić information content (AvgIpc) is 2.84. The van der Waals surface area contributed by atoms with Crippen LogP contribution in [-0.4, -0.2) is 29.3 Å². The van der Waals surface area contributed by atoms with Gasteiger partial charge in [-0.25, -0.2) is 4.79 Å². The van der Waals surface area contributed by atoms with E-state index in [-0.39, 0.29) is 17.1 Å². The van der Waals surface area contributed by atoms with Crippen molar-refractivity contribution < 1.29 is 14.4 Å². The van der Waals surface area contributed by atoms with Crippen molar-refractivity contribution in [3.8, 4) is 11.3 Å². The first-order chi connectivity index (χ1) is 9.63. The monoisotopic (exact) mass is 295 g/mol. The van der Waals surface area contributed by atoms with Crippen molar-refractivity contribution in [3.63, 3.8) is 0 Å². The first kappa shape index (κ1) is 14.4. The Hall–Kier alpha value is -2.05. The zero-order valence-corrected chi connectivity index (χ0v) is 11.4. The second-order valence-corrected chi connectivity index (χ2v) is 4.55. The molecule has 2 rings (SSSR count). The van der Waals surface area contributed by atoms with Crippen molar-refractivity contribution >= 4 is 23.4 Å². The predicted molar refractivity (Wildman–Crippen MR) is 76.1 cm³/mol. The molecule has 0 aliphatic carbocycles. The Bertz CT molecular complexity index is 595. The minimum Gasteiger partial charge on any atom is -0.477 e. The Morgan fingerprint density at radius 3 is 2.70 bits per heavy atom. The fourth-order valence-electron chi connectivity index (χ4n) is 1.72. The Balaban J connectivity index is 2.33. The molecule has 0 saturated carbocycles. The fourth-order valence-corrected chi connectivity index (χ4v) is 1.84. The number of nitrogens with two attached hydrogens (primary N) is 1. The third-order valence-electron chi connectivity index (χ3n) is 2.69. The third kappa shape index (κ3) is 3.09. The molecule has 0 aliphatic heterocycles. The van der Waals surface area contributed by atoms with Crippen LogP contribution in [-0.2, 0) is 0 Å². The van der Waals surface area contributed by atoms with E-state index in [1.165, 1.54) is 0 Å². The molecular formula is C13H14ClN3O3. The normalized spacial score (nSPS) is 10.5. The highest BCUT2D eigenvalue weighted by Crippen LogP contribution is 2.30. The Morgan fingerprint density at radius 2 is 2.10 bits per heavy atom. The molecular weight excluding hydrogens is 282 g/mol. The number of aromatic nitrogens is 1. The molecule has 106 valence electrons. The zero-order chi connectivity index (χ0) is 14.5. The van der Waals surface area contributed by atoms with Gasteiger partial charge in [-0.2, -0.15) is 0 Å². The zero-order valence-electron chi connectivity index (χ0n) is 10.6. The summed E-state index contributed by atoms with van der Waals surface area (Å²) in [6.45, 7) is 1.04. The summed E-state index contributed by atoms with van der Waals surface area (Å²) in [6.07, 6.45) is 0.711. The molecule has 1 aromatic heterocycles. The number of carbonyl (C=O) groups is 1. The van der Waals surface area contributed by atoms with Gasteiger partial charge in [0.1, 0.15) is 0 Å². The van der Waals surface area contributed by atoms with E-state index in [0.717, 1.165) is 0 Å². The van der Waals surface area contributed by atoms with E-state index in [2.05, 4.69) is 10.5 Å². The molecule has 0 aliphatic rings. The van der Waals surface area contributed by atoms with Gasteiger partial charge in [0.15, 0.2) is 17.1 Å². The smallest absolute Gasteiger partial charge is 0.343 e. The van der Waals surface area contributed by atoms with Crippen LogP contribution < -0.4 is 11.1 Å². The number of nitrogens with one attached hydrogen (secondary N) is 1. The number of rotatable bonds is 6. The Kier molecular flexibility index (Phi) is 4.60. The summed E-state index contributed by atoms with van der Waals surface area (Å²) in [5.74, 6) is -0.702. The number of anilines is 1. The van der Waals surface area contributed by atoms with Crippen LogP contribution in [0.3, 0.4) is 0 Å². The number of carboxylic acid groups (broad SMARTS) is 1. The van der Waals surface area contributed by atoms with Gasteiger partial charge in [0.2, 0.25) is 0 Å². The minimum absolute atomic E-state index is 0.00402. The lowest BCUT2D eigenvalue weighted by atomic mass is 10.1. The predicted octanol–water partition coefficient (Wildman–Crippen LogP) is 2.45. The first-order valence-corrected chi connectivity index (χ1v) is 6.44. The van der Waals surface area contributed by atoms with Crippen molar-refractivity contribution in [2.24, 2.45) is 5.73 Å². The molecule has 4 N–H and O–H groups in total. The van der Waals surface area contributed by atoms with E-state index in [4.69, 9.17) is 21.9 Å². The molecule has 0 bridgehead atoms. The summed E-state index contributed by atoms with van der Waals surface area (Å²) in [5.41, 5.74) is 6.00. The molecule has 1 aromatic carbocycles. The van der Waals surface area contributed by atoms with E-state index in [0.29, 0.717) is 30.1 Å². The maximum absolute atomic E-state index is 11.4. The van der Waals surface area contributed by atoms with Gasteiger partial charge in [0, 0.05) is 17.1 Å². The minimum atomic E-state index is -1.11. The number of carboxylic acids is 1. The Morgan fingerprint density at radius 1 is 1.40 bits per heavy atom. The molecule has 0 fully saturated rings. The summed E-state index contributed by atoms with van der Waals surface area (Å²) in [6, 6.07) is 6.68. The molecule has 0 unspecified atom stereocenters. The number of halogens is 1. The third-order valence-corrected chi connectivity index (χ3v) is 2.94. The second kappa shape index (κ2) is 6.40. The number of aromatic carboxylic acids is 1. The molecule has 0 spiro atoms. The van der Waals surface area contributed by atoms with Crippen LogP contribution in [0.4, 0.5) is 5.82 Å². The highest BCUT2D eigenvalue weighted by molar-refractivity contribution is 6.30. The number of hydrogen-bond donors (Lipinski definition) is 3. The molecule has 6 nitrogen and oxygen atoms in total. The average molecular weight is 296 g/mol. The molecule has 0 saturated heterocycles. The van der Waals surface area contributed by atoms with Crippen LogP contribution >= 0.6 is 11.6 Å². The van der Waals surface area contributed by atoms with Crippen molar-refractivity contribution in [2.45, 2.75) is 6.42 Å². The number of benzene rings is 1. The maximum Gasteiger partial charge on any atom is 0.343 e. The van der Waals surface area contributed by atoms with Crippen molar-refractivity contribution in [1.82, 2.24) is 5.16 Å². The molecule has 2 aromatic rings. The molecule has 0 amide bonds. The summed E-state index contributed by atoms with van der Waals surface area (Å²) in [5, 5.41) is 16.6. The lowest BCUT2D eigenvalue weighted by molar-refractivity contribution is 0.0698. The highest BCUT2D eigenvalue weighted by atomic mass is 35.5. The van der Waals surface area contributed by atoms with E-state index in [9.17, 15) is 9.90 Å². The summed E-state index contributed by atoms with van der Waals surface area (Å²) < 4.78 is 5.15. The Labute approximate surface area is 120 Å². The van der Waals surface area contributed by atoms with Gasteiger partial charge in [0.25, 0.3) is 0 Å². The SMILES string of the molecule is NCCCNc1noc(-c2ccc(Cl)cc2)c1C(=O)O. The van der Waals surface area contributed by atoms with Crippen molar-refractivity contribution in [3.05, 3.63) is 34.9 Å². The van der Waals surface area contributed by atoms with Gasteiger partial charge in [-0.3, -0.25) is 0 Å². The quantitative estimate of drug-likeness (QED) is 0.708. The van der Waals surface area contributed by atoms with Gasteiger partial charge in [0.05, 0.1) is 0 Å². The highest BCUT2D eigenvalue weighted by Gasteiger charge is 2.23. The van der Waals surface area contributed by atoms with Crippen molar-refractivity contribution in [2.75, 3.05) is 18.4 Å². The molecule has 7 heteroatoms. The van der Waals surface area contributed by atoms with Gasteiger partial charge in [-0.15, -0.1) is 0 Å². The standard InChI is InChI=1S/C13H14ClN3O3/c14-9-4-2-8(3-5-9)11-10(13(18)19)12(17-20-11)16-7-1-6-15/h2-5H,1,6-7,15H2,(H,16,17)(H,18,19). The van der Waals surface area contributed by atoms with Crippen LogP contribution in [0.5, 0.6) is 0 Å². The summed E-state index contributed by atoms with van der Waals surface area (Å²) in [7, 11) is 0. The lowest BCUT2D eigenvalue weighted by Gasteiger charge is -2.02. The van der Waals surface area contributed by atoms with Crippen LogP contribution in [0.2, 0.25) is 5.02 Å². The number of nitrogens with zero attached hydrogens (tertiary/aromatic N) is 1. The van der Waals surface area contributed by atoms with E-state index in [1.807, 2.05) is 0 Å². The van der Waals surface area contributed by atoms with E-state index >= 15 is 0 Å². The van der Waals surface area contributed by atoms with Crippen LogP contribution in [0.15, 0.2) is 28.8 Å². The van der Waals surface area contributed by atoms with Gasteiger partial charge < -0.3 is 20.7 Å². The first-order valence-electron chi connectivity index (χ1n) is 6.06.